The van der Waals surface area contributed by atoms with Gasteiger partial charge in [0.05, 0.1) is 15.9 Å². The zero-order chi connectivity index (χ0) is 19.6. The van der Waals surface area contributed by atoms with Crippen LogP contribution >= 0.6 is 11.3 Å². The number of hydrogen-bond donors (Lipinski definition) is 1. The number of benzene rings is 2. The van der Waals surface area contributed by atoms with E-state index < -0.39 is 0 Å². The Bertz CT molecular complexity index is 1270. The van der Waals surface area contributed by atoms with Gasteiger partial charge in [0.2, 0.25) is 0 Å². The summed E-state index contributed by atoms with van der Waals surface area (Å²) in [7, 11) is 0. The lowest BCUT2D eigenvalue weighted by Gasteiger charge is -2.08. The number of fused-ring (bicyclic) bond motifs is 1. The van der Waals surface area contributed by atoms with Crippen molar-refractivity contribution in [1.82, 2.24) is 9.97 Å². The molecule has 0 unspecified atom stereocenters. The molecular formula is C23H15N3O2S. The van der Waals surface area contributed by atoms with Crippen molar-refractivity contribution in [3.05, 3.63) is 91.0 Å². The lowest BCUT2D eigenvalue weighted by atomic mass is 10.2. The van der Waals surface area contributed by atoms with E-state index in [9.17, 15) is 4.79 Å². The molecule has 0 radical (unpaired) electrons. The smallest absolute Gasteiger partial charge is 0.291 e. The first-order valence-electron chi connectivity index (χ1n) is 9.04. The number of amides is 1. The van der Waals surface area contributed by atoms with Crippen molar-refractivity contribution in [1.29, 1.82) is 0 Å². The van der Waals surface area contributed by atoms with E-state index in [1.807, 2.05) is 60.7 Å². The fraction of sp³-hybridized carbons (Fsp3) is 0. The van der Waals surface area contributed by atoms with Gasteiger partial charge in [0.25, 0.3) is 5.91 Å². The van der Waals surface area contributed by atoms with Gasteiger partial charge in [0.1, 0.15) is 10.8 Å². The van der Waals surface area contributed by atoms with E-state index in [1.165, 1.54) is 0 Å². The van der Waals surface area contributed by atoms with E-state index in [-0.39, 0.29) is 11.7 Å². The highest BCUT2D eigenvalue weighted by Gasteiger charge is 2.16. The quantitative estimate of drug-likeness (QED) is 0.412. The molecule has 140 valence electrons. The van der Waals surface area contributed by atoms with Gasteiger partial charge in [0.15, 0.2) is 5.76 Å². The Kier molecular flexibility index (Phi) is 4.38. The number of carbonyl (C=O) groups excluding carboxylic acids is 1. The molecule has 0 spiro atoms. The topological polar surface area (TPSA) is 68.0 Å². The SMILES string of the molecule is O=C(Nc1ccccc1-c1nc2ccncc2s1)c1ccc(-c2ccccc2)o1. The number of aromatic nitrogens is 2. The van der Waals surface area contributed by atoms with Gasteiger partial charge in [-0.2, -0.15) is 0 Å². The summed E-state index contributed by atoms with van der Waals surface area (Å²) in [6, 6.07) is 22.7. The van der Waals surface area contributed by atoms with Gasteiger partial charge in [-0.3, -0.25) is 9.78 Å². The average molecular weight is 397 g/mol. The van der Waals surface area contributed by atoms with Gasteiger partial charge in [-0.25, -0.2) is 4.98 Å². The van der Waals surface area contributed by atoms with Crippen LogP contribution in [-0.2, 0) is 0 Å². The Morgan fingerprint density at radius 1 is 0.931 bits per heavy atom. The van der Waals surface area contributed by atoms with Crippen molar-refractivity contribution in [3.63, 3.8) is 0 Å². The Morgan fingerprint density at radius 2 is 1.76 bits per heavy atom. The third kappa shape index (κ3) is 3.41. The van der Waals surface area contributed by atoms with Gasteiger partial charge in [-0.15, -0.1) is 11.3 Å². The summed E-state index contributed by atoms with van der Waals surface area (Å²) in [6.45, 7) is 0. The second kappa shape index (κ2) is 7.33. The summed E-state index contributed by atoms with van der Waals surface area (Å²) in [6.07, 6.45) is 3.52. The van der Waals surface area contributed by atoms with Crippen molar-refractivity contribution >= 4 is 33.1 Å². The highest BCUT2D eigenvalue weighted by atomic mass is 32.1. The molecule has 0 bridgehead atoms. The van der Waals surface area contributed by atoms with Crippen molar-refractivity contribution in [2.45, 2.75) is 0 Å². The van der Waals surface area contributed by atoms with Gasteiger partial charge in [-0.05, 0) is 30.3 Å². The molecule has 5 rings (SSSR count). The zero-order valence-electron chi connectivity index (χ0n) is 15.2. The fourth-order valence-electron chi connectivity index (χ4n) is 3.08. The molecule has 1 N–H and O–H groups in total. The minimum Gasteiger partial charge on any atom is -0.451 e. The van der Waals surface area contributed by atoms with Gasteiger partial charge in [0, 0.05) is 23.5 Å². The largest absolute Gasteiger partial charge is 0.451 e. The van der Waals surface area contributed by atoms with Gasteiger partial charge < -0.3 is 9.73 Å². The van der Waals surface area contributed by atoms with Crippen molar-refractivity contribution < 1.29 is 9.21 Å². The van der Waals surface area contributed by atoms with Crippen molar-refractivity contribution in [3.8, 4) is 21.9 Å². The van der Waals surface area contributed by atoms with Crippen LogP contribution in [0.15, 0.2) is 89.6 Å². The molecule has 3 aromatic heterocycles. The van der Waals surface area contributed by atoms with Crippen LogP contribution in [0.1, 0.15) is 10.6 Å². The van der Waals surface area contributed by atoms with Crippen LogP contribution in [0.25, 0.3) is 32.1 Å². The first kappa shape index (κ1) is 17.3. The third-order valence-corrected chi connectivity index (χ3v) is 5.52. The number of anilines is 1. The molecule has 0 atom stereocenters. The van der Waals surface area contributed by atoms with E-state index in [1.54, 1.807) is 35.9 Å². The van der Waals surface area contributed by atoms with Crippen molar-refractivity contribution in [2.75, 3.05) is 5.32 Å². The molecule has 29 heavy (non-hydrogen) atoms. The molecule has 0 aliphatic heterocycles. The number of pyridine rings is 1. The second-order valence-corrected chi connectivity index (χ2v) is 7.42. The first-order valence-corrected chi connectivity index (χ1v) is 9.86. The molecular weight excluding hydrogens is 382 g/mol. The highest BCUT2D eigenvalue weighted by Crippen LogP contribution is 2.34. The Morgan fingerprint density at radius 3 is 2.62 bits per heavy atom. The summed E-state index contributed by atoms with van der Waals surface area (Å²) in [4.78, 5) is 21.6. The third-order valence-electron chi connectivity index (χ3n) is 4.49. The molecule has 0 saturated heterocycles. The lowest BCUT2D eigenvalue weighted by Crippen LogP contribution is -2.11. The van der Waals surface area contributed by atoms with Gasteiger partial charge in [-0.1, -0.05) is 42.5 Å². The summed E-state index contributed by atoms with van der Waals surface area (Å²) >= 11 is 1.54. The summed E-state index contributed by atoms with van der Waals surface area (Å²) < 4.78 is 6.77. The molecule has 5 aromatic rings. The van der Waals surface area contributed by atoms with Crippen LogP contribution in [0.2, 0.25) is 0 Å². The van der Waals surface area contributed by atoms with Crippen LogP contribution in [0.3, 0.4) is 0 Å². The van der Waals surface area contributed by atoms with E-state index in [2.05, 4.69) is 15.3 Å². The van der Waals surface area contributed by atoms with Crippen LogP contribution < -0.4 is 5.32 Å². The maximum atomic E-state index is 12.8. The monoisotopic (exact) mass is 397 g/mol. The average Bonchev–Trinajstić information content (AvgIpc) is 3.42. The van der Waals surface area contributed by atoms with Crippen LogP contribution in [-0.4, -0.2) is 15.9 Å². The molecule has 0 aliphatic rings. The molecule has 0 fully saturated rings. The summed E-state index contributed by atoms with van der Waals surface area (Å²) in [5, 5.41) is 3.78. The number of thiazole rings is 1. The normalized spacial score (nSPS) is 10.9. The van der Waals surface area contributed by atoms with Crippen LogP contribution in [0.5, 0.6) is 0 Å². The van der Waals surface area contributed by atoms with Crippen LogP contribution in [0.4, 0.5) is 5.69 Å². The van der Waals surface area contributed by atoms with E-state index >= 15 is 0 Å². The Balaban J connectivity index is 1.44. The summed E-state index contributed by atoms with van der Waals surface area (Å²) in [5.41, 5.74) is 3.36. The molecule has 3 heterocycles. The van der Waals surface area contributed by atoms with Crippen molar-refractivity contribution in [2.24, 2.45) is 0 Å². The van der Waals surface area contributed by atoms with Crippen LogP contribution in [0, 0.1) is 0 Å². The standard InChI is InChI=1S/C23H15N3O2S/c27-22(20-11-10-19(28-20)15-6-2-1-3-7-15)25-17-9-5-4-8-16(17)23-26-18-12-13-24-14-21(18)29-23/h1-14H,(H,25,27). The minimum absolute atomic E-state index is 0.257. The maximum Gasteiger partial charge on any atom is 0.291 e. The number of nitrogens with one attached hydrogen (secondary N) is 1. The van der Waals surface area contributed by atoms with E-state index in [4.69, 9.17) is 4.42 Å². The molecule has 1 amide bonds. The molecule has 5 nitrogen and oxygen atoms in total. The number of rotatable bonds is 4. The van der Waals surface area contributed by atoms with E-state index in [0.29, 0.717) is 11.4 Å². The number of carbonyl (C=O) groups is 1. The second-order valence-electron chi connectivity index (χ2n) is 6.39. The maximum absolute atomic E-state index is 12.8. The summed E-state index contributed by atoms with van der Waals surface area (Å²) in [5.74, 6) is 0.609. The number of nitrogens with zero attached hydrogens (tertiary/aromatic N) is 2. The lowest BCUT2D eigenvalue weighted by molar-refractivity contribution is 0.0997. The molecule has 2 aromatic carbocycles. The highest BCUT2D eigenvalue weighted by molar-refractivity contribution is 7.21. The molecule has 0 saturated carbocycles. The predicted octanol–water partition coefficient (Wildman–Crippen LogP) is 5.87. The molecule has 0 aliphatic carbocycles. The Hall–Kier alpha value is -3.77. The number of hydrogen-bond acceptors (Lipinski definition) is 5. The fourth-order valence-corrected chi connectivity index (χ4v) is 4.05. The zero-order valence-corrected chi connectivity index (χ0v) is 16.0. The number of para-hydroxylation sites is 1. The van der Waals surface area contributed by atoms with E-state index in [0.717, 1.165) is 26.4 Å². The number of furan rings is 1. The Labute approximate surface area is 170 Å². The predicted molar refractivity (Wildman–Crippen MR) is 115 cm³/mol. The minimum atomic E-state index is -0.303. The first-order chi connectivity index (χ1) is 14.3. The molecule has 6 heteroatoms. The van der Waals surface area contributed by atoms with Gasteiger partial charge >= 0.3 is 0 Å².